The summed E-state index contributed by atoms with van der Waals surface area (Å²) in [4.78, 5) is 17.1. The van der Waals surface area contributed by atoms with E-state index in [1.165, 1.54) is 11.0 Å². The van der Waals surface area contributed by atoms with Crippen LogP contribution in [0, 0.1) is 0 Å². The molecule has 0 atom stereocenters. The molecule has 0 amide bonds. The fraction of sp³-hybridized carbons (Fsp3) is 0.583. The van der Waals surface area contributed by atoms with Crippen LogP contribution in [0.1, 0.15) is 33.1 Å². The van der Waals surface area contributed by atoms with Crippen molar-refractivity contribution in [3.05, 3.63) is 12.7 Å². The van der Waals surface area contributed by atoms with Gasteiger partial charge in [-0.1, -0.05) is 6.92 Å². The molecule has 2 aromatic rings. The molecule has 20 heavy (non-hydrogen) atoms. The smallest absolute Gasteiger partial charge is 0.258 e. The molecule has 1 saturated carbocycles. The van der Waals surface area contributed by atoms with Crippen LogP contribution >= 0.6 is 0 Å². The van der Waals surface area contributed by atoms with Gasteiger partial charge >= 0.3 is 0 Å². The fourth-order valence-electron chi connectivity index (χ4n) is 1.73. The molecule has 0 bridgehead atoms. The molecule has 8 heteroatoms. The van der Waals surface area contributed by atoms with E-state index in [2.05, 4.69) is 49.5 Å². The van der Waals surface area contributed by atoms with Crippen LogP contribution in [0.5, 0.6) is 0 Å². The van der Waals surface area contributed by atoms with Crippen molar-refractivity contribution in [3.63, 3.8) is 0 Å². The number of nitrogens with one attached hydrogen (secondary N) is 2. The summed E-state index contributed by atoms with van der Waals surface area (Å²) in [5, 5.41) is 10.6. The molecule has 1 fully saturated rings. The largest absolute Gasteiger partial charge is 0.354 e. The van der Waals surface area contributed by atoms with E-state index in [0.717, 1.165) is 25.8 Å². The monoisotopic (exact) mass is 274 g/mol. The Kier molecular flexibility index (Phi) is 3.21. The quantitative estimate of drug-likeness (QED) is 0.818. The van der Waals surface area contributed by atoms with Crippen LogP contribution in [0.2, 0.25) is 0 Å². The molecule has 2 heterocycles. The number of anilines is 2. The lowest BCUT2D eigenvalue weighted by Gasteiger charge is -2.13. The van der Waals surface area contributed by atoms with Gasteiger partial charge in [-0.2, -0.15) is 24.7 Å². The average Bonchev–Trinajstić information content (AvgIpc) is 2.96. The Bertz CT molecular complexity index is 575. The molecule has 106 valence electrons. The maximum absolute atomic E-state index is 4.40. The highest BCUT2D eigenvalue weighted by molar-refractivity contribution is 5.40. The first-order chi connectivity index (χ1) is 9.68. The third-order valence-electron chi connectivity index (χ3n) is 3.19. The van der Waals surface area contributed by atoms with Gasteiger partial charge in [0.15, 0.2) is 0 Å². The lowest BCUT2D eigenvalue weighted by molar-refractivity contribution is 0.768. The zero-order valence-corrected chi connectivity index (χ0v) is 11.7. The molecule has 1 aliphatic rings. The highest BCUT2D eigenvalue weighted by Gasteiger charge is 2.38. The highest BCUT2D eigenvalue weighted by Crippen LogP contribution is 2.37. The van der Waals surface area contributed by atoms with E-state index in [0.29, 0.717) is 17.8 Å². The van der Waals surface area contributed by atoms with Gasteiger partial charge in [-0.15, -0.1) is 0 Å². The molecule has 0 saturated heterocycles. The van der Waals surface area contributed by atoms with Gasteiger partial charge in [0.1, 0.15) is 12.7 Å². The van der Waals surface area contributed by atoms with Gasteiger partial charge in [-0.05, 0) is 26.2 Å². The van der Waals surface area contributed by atoms with E-state index in [1.54, 1.807) is 6.33 Å². The lowest BCUT2D eigenvalue weighted by Crippen LogP contribution is -2.20. The van der Waals surface area contributed by atoms with Crippen molar-refractivity contribution < 1.29 is 0 Å². The molecule has 0 radical (unpaired) electrons. The Balaban J connectivity index is 1.90. The van der Waals surface area contributed by atoms with Crippen molar-refractivity contribution in [1.82, 2.24) is 29.7 Å². The van der Waals surface area contributed by atoms with Crippen molar-refractivity contribution in [2.24, 2.45) is 0 Å². The summed E-state index contributed by atoms with van der Waals surface area (Å²) >= 11 is 0. The molecule has 0 aromatic carbocycles. The number of hydrogen-bond donors (Lipinski definition) is 2. The lowest BCUT2D eigenvalue weighted by atomic mass is 10.3. The summed E-state index contributed by atoms with van der Waals surface area (Å²) in [7, 11) is 0. The van der Waals surface area contributed by atoms with Gasteiger partial charge in [0.05, 0.1) is 0 Å². The van der Waals surface area contributed by atoms with Crippen molar-refractivity contribution >= 4 is 11.9 Å². The minimum atomic E-state index is 0.114. The SMILES string of the molecule is CCCNc1nc(NC2(C)CC2)nc(-n2cncn2)n1. The van der Waals surface area contributed by atoms with Crippen LogP contribution < -0.4 is 10.6 Å². The predicted octanol–water partition coefficient (Wildman–Crippen LogP) is 1.24. The van der Waals surface area contributed by atoms with Crippen LogP contribution in [0.4, 0.5) is 11.9 Å². The zero-order valence-electron chi connectivity index (χ0n) is 11.7. The van der Waals surface area contributed by atoms with E-state index in [-0.39, 0.29) is 5.54 Å². The van der Waals surface area contributed by atoms with Gasteiger partial charge in [0, 0.05) is 12.1 Å². The summed E-state index contributed by atoms with van der Waals surface area (Å²) < 4.78 is 1.53. The van der Waals surface area contributed by atoms with Crippen LogP contribution in [0.3, 0.4) is 0 Å². The minimum Gasteiger partial charge on any atom is -0.354 e. The van der Waals surface area contributed by atoms with Crippen molar-refractivity contribution in [1.29, 1.82) is 0 Å². The maximum Gasteiger partial charge on any atom is 0.258 e. The van der Waals surface area contributed by atoms with Crippen molar-refractivity contribution in [2.75, 3.05) is 17.2 Å². The maximum atomic E-state index is 4.40. The number of rotatable bonds is 6. The van der Waals surface area contributed by atoms with Gasteiger partial charge in [-0.25, -0.2) is 4.98 Å². The molecule has 8 nitrogen and oxygen atoms in total. The Morgan fingerprint density at radius 1 is 1.25 bits per heavy atom. The molecule has 0 aliphatic heterocycles. The molecule has 0 unspecified atom stereocenters. The van der Waals surface area contributed by atoms with Gasteiger partial charge in [0.2, 0.25) is 11.9 Å². The Morgan fingerprint density at radius 2 is 2.05 bits per heavy atom. The third-order valence-corrected chi connectivity index (χ3v) is 3.19. The number of hydrogen-bond acceptors (Lipinski definition) is 7. The molecule has 0 spiro atoms. The van der Waals surface area contributed by atoms with Gasteiger partial charge in [-0.3, -0.25) is 0 Å². The second-order valence-corrected chi connectivity index (χ2v) is 5.24. The van der Waals surface area contributed by atoms with Gasteiger partial charge in [0.25, 0.3) is 5.95 Å². The average molecular weight is 274 g/mol. The Labute approximate surface area is 117 Å². The summed E-state index contributed by atoms with van der Waals surface area (Å²) in [6.45, 7) is 5.07. The topological polar surface area (TPSA) is 93.4 Å². The first-order valence-corrected chi connectivity index (χ1v) is 6.82. The minimum absolute atomic E-state index is 0.114. The predicted molar refractivity (Wildman–Crippen MR) is 74.8 cm³/mol. The summed E-state index contributed by atoms with van der Waals surface area (Å²) in [6.07, 6.45) is 6.30. The van der Waals surface area contributed by atoms with E-state index in [1.807, 2.05) is 0 Å². The van der Waals surface area contributed by atoms with Crippen LogP contribution in [0.15, 0.2) is 12.7 Å². The van der Waals surface area contributed by atoms with E-state index >= 15 is 0 Å². The zero-order chi connectivity index (χ0) is 14.0. The van der Waals surface area contributed by atoms with E-state index in [9.17, 15) is 0 Å². The second-order valence-electron chi connectivity index (χ2n) is 5.24. The first kappa shape index (κ1) is 12.8. The standard InChI is InChI=1S/C12H18N8/c1-3-6-14-9-16-10(19-12(2)4-5-12)18-11(17-9)20-8-13-7-15-20/h7-8H,3-6H2,1-2H3,(H2,14,16,17,18,19). The summed E-state index contributed by atoms with van der Waals surface area (Å²) in [6, 6.07) is 0. The van der Waals surface area contributed by atoms with Crippen LogP contribution in [0.25, 0.3) is 5.95 Å². The Hall–Kier alpha value is -2.25. The van der Waals surface area contributed by atoms with Crippen molar-refractivity contribution in [3.8, 4) is 5.95 Å². The fourth-order valence-corrected chi connectivity index (χ4v) is 1.73. The van der Waals surface area contributed by atoms with Gasteiger partial charge < -0.3 is 10.6 Å². The summed E-state index contributed by atoms with van der Waals surface area (Å²) in [5.74, 6) is 1.59. The molecule has 3 rings (SSSR count). The van der Waals surface area contributed by atoms with E-state index in [4.69, 9.17) is 0 Å². The molecule has 2 N–H and O–H groups in total. The van der Waals surface area contributed by atoms with Crippen LogP contribution in [-0.2, 0) is 0 Å². The summed E-state index contributed by atoms with van der Waals surface area (Å²) in [5.41, 5.74) is 0.114. The number of nitrogens with zero attached hydrogens (tertiary/aromatic N) is 6. The van der Waals surface area contributed by atoms with Crippen molar-refractivity contribution in [2.45, 2.75) is 38.6 Å². The van der Waals surface area contributed by atoms with E-state index < -0.39 is 0 Å². The molecular formula is C12H18N8. The molecular weight excluding hydrogens is 256 g/mol. The molecule has 1 aliphatic carbocycles. The third kappa shape index (κ3) is 2.84. The van der Waals surface area contributed by atoms with Crippen LogP contribution in [-0.4, -0.2) is 41.8 Å². The number of aromatic nitrogens is 6. The second kappa shape index (κ2) is 5.03. The normalized spacial score (nSPS) is 15.9. The Morgan fingerprint density at radius 3 is 2.70 bits per heavy atom. The highest BCUT2D eigenvalue weighted by atomic mass is 15.4. The molecule has 2 aromatic heterocycles. The first-order valence-electron chi connectivity index (χ1n) is 6.82.